The lowest BCUT2D eigenvalue weighted by atomic mass is 10.0. The van der Waals surface area contributed by atoms with Crippen LogP contribution in [0.25, 0.3) is 11.0 Å². The second-order valence-corrected chi connectivity index (χ2v) is 6.54. The minimum absolute atomic E-state index is 0.159. The minimum Gasteiger partial charge on any atom is -0.493 e. The van der Waals surface area contributed by atoms with E-state index in [2.05, 4.69) is 10.6 Å². The van der Waals surface area contributed by atoms with Gasteiger partial charge in [-0.3, -0.25) is 0 Å². The van der Waals surface area contributed by atoms with E-state index in [1.54, 1.807) is 7.11 Å². The molecule has 1 aliphatic heterocycles. The molecule has 0 aliphatic carbocycles. The van der Waals surface area contributed by atoms with Crippen molar-refractivity contribution in [1.29, 1.82) is 0 Å². The molecule has 0 fully saturated rings. The SMILES string of the molecule is COCCCOc1cccc([C@H]2NC(=S)Nc3c2oc2ccccc32)c1. The second-order valence-electron chi connectivity index (χ2n) is 6.14. The second kappa shape index (κ2) is 7.35. The van der Waals surface area contributed by atoms with Gasteiger partial charge in [-0.25, -0.2) is 0 Å². The number of anilines is 1. The number of furan rings is 1. The lowest BCUT2D eigenvalue weighted by molar-refractivity contribution is 0.172. The summed E-state index contributed by atoms with van der Waals surface area (Å²) in [4.78, 5) is 0. The molecular formula is C20H20N2O3S. The molecule has 0 bridgehead atoms. The molecule has 5 nitrogen and oxygen atoms in total. The molecule has 0 radical (unpaired) electrons. The summed E-state index contributed by atoms with van der Waals surface area (Å²) in [5, 5.41) is 8.15. The van der Waals surface area contributed by atoms with Gasteiger partial charge in [0.25, 0.3) is 0 Å². The van der Waals surface area contributed by atoms with E-state index in [0.29, 0.717) is 18.3 Å². The van der Waals surface area contributed by atoms with Crippen LogP contribution in [0.5, 0.6) is 5.75 Å². The summed E-state index contributed by atoms with van der Waals surface area (Å²) in [6.07, 6.45) is 0.851. The number of ether oxygens (including phenoxy) is 2. The van der Waals surface area contributed by atoms with Gasteiger partial charge in [0.2, 0.25) is 0 Å². The molecular weight excluding hydrogens is 348 g/mol. The quantitative estimate of drug-likeness (QED) is 0.501. The van der Waals surface area contributed by atoms with Crippen molar-refractivity contribution in [1.82, 2.24) is 5.32 Å². The van der Waals surface area contributed by atoms with Crippen LogP contribution >= 0.6 is 12.2 Å². The Bertz CT molecular complexity index is 938. The third-order valence-electron chi connectivity index (χ3n) is 4.35. The van der Waals surface area contributed by atoms with Crippen LogP contribution in [0.3, 0.4) is 0 Å². The van der Waals surface area contributed by atoms with Gasteiger partial charge in [0.1, 0.15) is 17.4 Å². The Morgan fingerprint density at radius 1 is 1.12 bits per heavy atom. The molecule has 1 aliphatic rings. The van der Waals surface area contributed by atoms with Crippen LogP contribution in [0.1, 0.15) is 23.8 Å². The fourth-order valence-corrected chi connectivity index (χ4v) is 3.37. The number of nitrogens with one attached hydrogen (secondary N) is 2. The van der Waals surface area contributed by atoms with Crippen molar-refractivity contribution in [2.24, 2.45) is 0 Å². The van der Waals surface area contributed by atoms with Crippen molar-refractivity contribution in [3.63, 3.8) is 0 Å². The average molecular weight is 368 g/mol. The minimum atomic E-state index is -0.159. The van der Waals surface area contributed by atoms with Crippen molar-refractivity contribution in [3.8, 4) is 5.75 Å². The molecule has 1 aromatic heterocycles. The van der Waals surface area contributed by atoms with Crippen molar-refractivity contribution >= 4 is 34.0 Å². The highest BCUT2D eigenvalue weighted by atomic mass is 32.1. The highest BCUT2D eigenvalue weighted by Gasteiger charge is 2.29. The number of rotatable bonds is 6. The molecule has 2 heterocycles. The number of hydrogen-bond acceptors (Lipinski definition) is 4. The summed E-state index contributed by atoms with van der Waals surface area (Å²) >= 11 is 5.41. The van der Waals surface area contributed by atoms with Gasteiger partial charge in [-0.1, -0.05) is 24.3 Å². The molecule has 0 saturated heterocycles. The number of thiocarbonyl (C=S) groups is 1. The summed E-state index contributed by atoms with van der Waals surface area (Å²) in [5.41, 5.74) is 2.81. The molecule has 0 unspecified atom stereocenters. The van der Waals surface area contributed by atoms with Gasteiger partial charge in [0, 0.05) is 25.5 Å². The average Bonchev–Trinajstić information content (AvgIpc) is 3.03. The number of benzene rings is 2. The highest BCUT2D eigenvalue weighted by molar-refractivity contribution is 7.80. The fraction of sp³-hybridized carbons (Fsp3) is 0.250. The van der Waals surface area contributed by atoms with Crippen LogP contribution in [0, 0.1) is 0 Å². The first-order chi connectivity index (χ1) is 12.8. The zero-order chi connectivity index (χ0) is 17.9. The Balaban J connectivity index is 1.65. The first-order valence-electron chi connectivity index (χ1n) is 8.57. The third kappa shape index (κ3) is 3.25. The Morgan fingerprint density at radius 3 is 2.88 bits per heavy atom. The van der Waals surface area contributed by atoms with E-state index in [1.165, 1.54) is 0 Å². The maximum absolute atomic E-state index is 6.12. The highest BCUT2D eigenvalue weighted by Crippen LogP contribution is 2.40. The Morgan fingerprint density at radius 2 is 2.00 bits per heavy atom. The molecule has 0 amide bonds. The van der Waals surface area contributed by atoms with E-state index in [-0.39, 0.29) is 6.04 Å². The van der Waals surface area contributed by atoms with Crippen LogP contribution in [0.4, 0.5) is 5.69 Å². The molecule has 4 rings (SSSR count). The summed E-state index contributed by atoms with van der Waals surface area (Å²) in [6, 6.07) is 15.8. The fourth-order valence-electron chi connectivity index (χ4n) is 3.15. The number of para-hydroxylation sites is 1. The van der Waals surface area contributed by atoms with E-state index in [1.807, 2.05) is 48.5 Å². The van der Waals surface area contributed by atoms with Gasteiger partial charge in [-0.15, -0.1) is 0 Å². The van der Waals surface area contributed by atoms with Crippen molar-refractivity contribution < 1.29 is 13.9 Å². The standard InChI is InChI=1S/C20H20N2O3S/c1-23-10-5-11-24-14-7-4-6-13(12-14)17-19-18(22-20(26)21-17)15-8-2-3-9-16(15)25-19/h2-4,6-9,12,17H,5,10-11H2,1H3,(H2,21,22,26)/t17-/m1/s1. The van der Waals surface area contributed by atoms with E-state index in [0.717, 1.165) is 40.2 Å². The van der Waals surface area contributed by atoms with Gasteiger partial charge in [-0.2, -0.15) is 0 Å². The van der Waals surface area contributed by atoms with Gasteiger partial charge in [0.15, 0.2) is 10.9 Å². The normalized spacial score (nSPS) is 16.0. The van der Waals surface area contributed by atoms with Crippen molar-refractivity contribution in [2.45, 2.75) is 12.5 Å². The molecule has 2 N–H and O–H groups in total. The Labute approximate surface area is 157 Å². The lowest BCUT2D eigenvalue weighted by Crippen LogP contribution is -2.37. The van der Waals surface area contributed by atoms with Crippen LogP contribution in [-0.4, -0.2) is 25.4 Å². The third-order valence-corrected chi connectivity index (χ3v) is 4.57. The largest absolute Gasteiger partial charge is 0.493 e. The summed E-state index contributed by atoms with van der Waals surface area (Å²) in [6.45, 7) is 1.30. The topological polar surface area (TPSA) is 55.7 Å². The molecule has 0 saturated carbocycles. The summed E-state index contributed by atoms with van der Waals surface area (Å²) in [5.74, 6) is 1.65. The van der Waals surface area contributed by atoms with E-state index in [4.69, 9.17) is 26.1 Å². The number of hydrogen-bond donors (Lipinski definition) is 2. The summed E-state index contributed by atoms with van der Waals surface area (Å²) < 4.78 is 17.0. The molecule has 134 valence electrons. The Kier molecular flexibility index (Phi) is 4.77. The monoisotopic (exact) mass is 368 g/mol. The summed E-state index contributed by atoms with van der Waals surface area (Å²) in [7, 11) is 1.69. The maximum atomic E-state index is 6.12. The molecule has 3 aromatic rings. The van der Waals surface area contributed by atoms with E-state index in [9.17, 15) is 0 Å². The molecule has 0 spiro atoms. The van der Waals surface area contributed by atoms with Gasteiger partial charge >= 0.3 is 0 Å². The predicted molar refractivity (Wildman–Crippen MR) is 106 cm³/mol. The van der Waals surface area contributed by atoms with Crippen LogP contribution < -0.4 is 15.4 Å². The molecule has 26 heavy (non-hydrogen) atoms. The van der Waals surface area contributed by atoms with Crippen molar-refractivity contribution in [2.75, 3.05) is 25.6 Å². The number of methoxy groups -OCH3 is 1. The van der Waals surface area contributed by atoms with Gasteiger partial charge < -0.3 is 24.5 Å². The maximum Gasteiger partial charge on any atom is 0.171 e. The zero-order valence-electron chi connectivity index (χ0n) is 14.5. The smallest absolute Gasteiger partial charge is 0.171 e. The lowest BCUT2D eigenvalue weighted by Gasteiger charge is -2.26. The van der Waals surface area contributed by atoms with E-state index < -0.39 is 0 Å². The first-order valence-corrected chi connectivity index (χ1v) is 8.98. The van der Waals surface area contributed by atoms with Gasteiger partial charge in [-0.05, 0) is 42.0 Å². The first kappa shape index (κ1) is 16.9. The molecule has 2 aromatic carbocycles. The van der Waals surface area contributed by atoms with E-state index >= 15 is 0 Å². The Hall–Kier alpha value is -2.57. The van der Waals surface area contributed by atoms with Gasteiger partial charge in [0.05, 0.1) is 12.3 Å². The molecule has 6 heteroatoms. The number of fused-ring (bicyclic) bond motifs is 3. The predicted octanol–water partition coefficient (Wildman–Crippen LogP) is 4.24. The zero-order valence-corrected chi connectivity index (χ0v) is 15.3. The molecule has 1 atom stereocenters. The van der Waals surface area contributed by atoms with Crippen molar-refractivity contribution in [3.05, 3.63) is 59.9 Å². The van der Waals surface area contributed by atoms with Crippen LogP contribution in [-0.2, 0) is 4.74 Å². The van der Waals surface area contributed by atoms with Crippen LogP contribution in [0.2, 0.25) is 0 Å². The van der Waals surface area contributed by atoms with Crippen LogP contribution in [0.15, 0.2) is 52.9 Å².